The van der Waals surface area contributed by atoms with Crippen LogP contribution in [0.25, 0.3) is 10.9 Å². The number of halogens is 1. The Morgan fingerprint density at radius 2 is 2.25 bits per heavy atom. The van der Waals surface area contributed by atoms with Crippen LogP contribution in [0.1, 0.15) is 5.56 Å². The molecule has 0 atom stereocenters. The quantitative estimate of drug-likeness (QED) is 0.798. The zero-order valence-corrected chi connectivity index (χ0v) is 9.54. The van der Waals surface area contributed by atoms with E-state index in [1.807, 2.05) is 24.3 Å². The predicted molar refractivity (Wildman–Crippen MR) is 65.5 cm³/mol. The number of fused-ring (bicyclic) bond motifs is 1. The predicted octanol–water partition coefficient (Wildman–Crippen LogP) is 1.97. The van der Waals surface area contributed by atoms with Crippen molar-refractivity contribution >= 4 is 22.5 Å². The lowest BCUT2D eigenvalue weighted by atomic mass is 10.1. The first kappa shape index (κ1) is 11.3. The summed E-state index contributed by atoms with van der Waals surface area (Å²) in [7, 11) is 0. The van der Waals surface area contributed by atoms with Crippen molar-refractivity contribution < 1.29 is 5.11 Å². The summed E-state index contributed by atoms with van der Waals surface area (Å²) in [6.07, 6.45) is 1.77. The van der Waals surface area contributed by atoms with Crippen LogP contribution in [0.2, 0.25) is 5.02 Å². The van der Waals surface area contributed by atoms with Gasteiger partial charge < -0.3 is 10.4 Å². The van der Waals surface area contributed by atoms with Crippen molar-refractivity contribution in [2.45, 2.75) is 6.54 Å². The van der Waals surface area contributed by atoms with E-state index in [9.17, 15) is 0 Å². The molecule has 4 heteroatoms. The maximum absolute atomic E-state index is 8.71. The highest BCUT2D eigenvalue weighted by Gasteiger charge is 2.03. The van der Waals surface area contributed by atoms with E-state index in [2.05, 4.69) is 10.3 Å². The van der Waals surface area contributed by atoms with Crippen LogP contribution < -0.4 is 5.32 Å². The number of nitrogens with zero attached hydrogens (tertiary/aromatic N) is 1. The van der Waals surface area contributed by atoms with Crippen molar-refractivity contribution in [2.75, 3.05) is 13.2 Å². The average Bonchev–Trinajstić information content (AvgIpc) is 2.29. The highest BCUT2D eigenvalue weighted by molar-refractivity contribution is 6.31. The van der Waals surface area contributed by atoms with Crippen LogP contribution in [-0.4, -0.2) is 23.2 Å². The Morgan fingerprint density at radius 3 is 3.06 bits per heavy atom. The van der Waals surface area contributed by atoms with Crippen LogP contribution in [0.3, 0.4) is 0 Å². The largest absolute Gasteiger partial charge is 0.395 e. The van der Waals surface area contributed by atoms with Crippen molar-refractivity contribution in [2.24, 2.45) is 0 Å². The summed E-state index contributed by atoms with van der Waals surface area (Å²) >= 11 is 6.03. The maximum Gasteiger partial charge on any atom is 0.0747 e. The molecule has 0 unspecified atom stereocenters. The molecule has 0 amide bonds. The van der Waals surface area contributed by atoms with Gasteiger partial charge in [-0.15, -0.1) is 0 Å². The Morgan fingerprint density at radius 1 is 1.38 bits per heavy atom. The van der Waals surface area contributed by atoms with Gasteiger partial charge in [-0.1, -0.05) is 17.7 Å². The van der Waals surface area contributed by atoms with Crippen LogP contribution in [0, 0.1) is 0 Å². The van der Waals surface area contributed by atoms with Crippen molar-refractivity contribution in [3.63, 3.8) is 0 Å². The lowest BCUT2D eigenvalue weighted by molar-refractivity contribution is 0.292. The minimum Gasteiger partial charge on any atom is -0.395 e. The Hall–Kier alpha value is -1.16. The minimum absolute atomic E-state index is 0.131. The number of aliphatic hydroxyl groups is 1. The van der Waals surface area contributed by atoms with Gasteiger partial charge in [0.1, 0.15) is 0 Å². The molecule has 3 nitrogen and oxygen atoms in total. The number of benzene rings is 1. The van der Waals surface area contributed by atoms with Gasteiger partial charge in [-0.2, -0.15) is 0 Å². The van der Waals surface area contributed by atoms with Gasteiger partial charge in [0.15, 0.2) is 0 Å². The van der Waals surface area contributed by atoms with Crippen molar-refractivity contribution in [1.29, 1.82) is 0 Å². The number of hydrogen-bond acceptors (Lipinski definition) is 3. The monoisotopic (exact) mass is 236 g/mol. The molecule has 1 aromatic carbocycles. The number of hydrogen-bond donors (Lipinski definition) is 2. The summed E-state index contributed by atoms with van der Waals surface area (Å²) in [6.45, 7) is 1.36. The lowest BCUT2D eigenvalue weighted by Crippen LogP contribution is -2.17. The zero-order valence-electron chi connectivity index (χ0n) is 8.78. The van der Waals surface area contributed by atoms with E-state index >= 15 is 0 Å². The second-order valence-corrected chi connectivity index (χ2v) is 3.98. The van der Waals surface area contributed by atoms with Gasteiger partial charge in [-0.05, 0) is 23.8 Å². The summed E-state index contributed by atoms with van der Waals surface area (Å²) in [5, 5.41) is 13.6. The fraction of sp³-hybridized carbons (Fsp3) is 0.250. The normalized spacial score (nSPS) is 10.9. The maximum atomic E-state index is 8.71. The van der Waals surface area contributed by atoms with E-state index in [-0.39, 0.29) is 6.61 Å². The average molecular weight is 237 g/mol. The van der Waals surface area contributed by atoms with Crippen LogP contribution in [0.5, 0.6) is 0 Å². The Balaban J connectivity index is 2.34. The molecule has 1 heterocycles. The minimum atomic E-state index is 0.131. The van der Waals surface area contributed by atoms with Crippen LogP contribution in [0.4, 0.5) is 0 Å². The summed E-state index contributed by atoms with van der Waals surface area (Å²) < 4.78 is 0. The van der Waals surface area contributed by atoms with Crippen molar-refractivity contribution in [3.05, 3.63) is 41.0 Å². The second kappa shape index (κ2) is 5.25. The fourth-order valence-corrected chi connectivity index (χ4v) is 1.91. The molecule has 84 valence electrons. The third kappa shape index (κ3) is 2.50. The van der Waals surface area contributed by atoms with E-state index in [4.69, 9.17) is 16.7 Å². The smallest absolute Gasteiger partial charge is 0.0747 e. The molecule has 16 heavy (non-hydrogen) atoms. The van der Waals surface area contributed by atoms with E-state index in [1.54, 1.807) is 6.20 Å². The third-order valence-electron chi connectivity index (χ3n) is 2.35. The lowest BCUT2D eigenvalue weighted by Gasteiger charge is -2.07. The summed E-state index contributed by atoms with van der Waals surface area (Å²) in [5.74, 6) is 0. The molecule has 2 rings (SSSR count). The van der Waals surface area contributed by atoms with Gasteiger partial charge in [0, 0.05) is 29.7 Å². The third-order valence-corrected chi connectivity index (χ3v) is 2.57. The Kier molecular flexibility index (Phi) is 3.72. The zero-order chi connectivity index (χ0) is 11.4. The number of pyridine rings is 1. The molecule has 0 aliphatic carbocycles. The van der Waals surface area contributed by atoms with Crippen LogP contribution >= 0.6 is 11.6 Å². The summed E-state index contributed by atoms with van der Waals surface area (Å²) in [4.78, 5) is 4.34. The highest BCUT2D eigenvalue weighted by atomic mass is 35.5. The van der Waals surface area contributed by atoms with Gasteiger partial charge in [-0.3, -0.25) is 4.98 Å². The van der Waals surface area contributed by atoms with Crippen molar-refractivity contribution in [1.82, 2.24) is 10.3 Å². The number of aromatic nitrogens is 1. The Bertz CT molecular complexity index is 487. The molecule has 1 aromatic heterocycles. The Labute approximate surface area is 99.1 Å². The van der Waals surface area contributed by atoms with E-state index in [0.717, 1.165) is 16.5 Å². The highest BCUT2D eigenvalue weighted by Crippen LogP contribution is 2.21. The molecule has 0 fully saturated rings. The topological polar surface area (TPSA) is 45.1 Å². The molecule has 0 aliphatic heterocycles. The second-order valence-electron chi connectivity index (χ2n) is 3.54. The van der Waals surface area contributed by atoms with Gasteiger partial charge in [0.25, 0.3) is 0 Å². The molecule has 0 bridgehead atoms. The van der Waals surface area contributed by atoms with E-state index in [0.29, 0.717) is 18.1 Å². The standard InChI is InChI=1S/C12H13ClN2O/c13-11-6-9-2-1-3-15-12(9)10(7-11)8-14-4-5-16/h1-3,6-7,14,16H,4-5,8H2. The summed E-state index contributed by atoms with van der Waals surface area (Å²) in [6, 6.07) is 7.69. The van der Waals surface area contributed by atoms with E-state index < -0.39 is 0 Å². The van der Waals surface area contributed by atoms with Gasteiger partial charge >= 0.3 is 0 Å². The number of nitrogens with one attached hydrogen (secondary N) is 1. The molecule has 0 saturated carbocycles. The number of rotatable bonds is 4. The SMILES string of the molecule is OCCNCc1cc(Cl)cc2cccnc12. The molecule has 0 spiro atoms. The van der Waals surface area contributed by atoms with E-state index in [1.165, 1.54) is 0 Å². The first-order valence-electron chi connectivity index (χ1n) is 5.16. The van der Waals surface area contributed by atoms with Crippen LogP contribution in [-0.2, 0) is 6.54 Å². The molecular weight excluding hydrogens is 224 g/mol. The summed E-state index contributed by atoms with van der Waals surface area (Å²) in [5.41, 5.74) is 2.01. The molecule has 0 aliphatic rings. The first-order valence-corrected chi connectivity index (χ1v) is 5.54. The molecule has 0 radical (unpaired) electrons. The van der Waals surface area contributed by atoms with Crippen molar-refractivity contribution in [3.8, 4) is 0 Å². The number of aliphatic hydroxyl groups excluding tert-OH is 1. The first-order chi connectivity index (χ1) is 7.81. The molecular formula is C12H13ClN2O. The molecule has 0 saturated heterocycles. The van der Waals surface area contributed by atoms with Gasteiger partial charge in [0.2, 0.25) is 0 Å². The van der Waals surface area contributed by atoms with Gasteiger partial charge in [-0.25, -0.2) is 0 Å². The molecule has 2 aromatic rings. The van der Waals surface area contributed by atoms with Crippen LogP contribution in [0.15, 0.2) is 30.5 Å². The molecule has 2 N–H and O–H groups in total. The van der Waals surface area contributed by atoms with Gasteiger partial charge in [0.05, 0.1) is 12.1 Å². The fourth-order valence-electron chi connectivity index (χ4n) is 1.66.